The van der Waals surface area contributed by atoms with Gasteiger partial charge in [0.25, 0.3) is 0 Å². The molecule has 6 aliphatic carbocycles. The van der Waals surface area contributed by atoms with Gasteiger partial charge in [0.05, 0.1) is 5.41 Å². The second-order valence-electron chi connectivity index (χ2n) is 8.56. The molecule has 108 valence electrons. The van der Waals surface area contributed by atoms with E-state index in [2.05, 4.69) is 45.2 Å². The van der Waals surface area contributed by atoms with Gasteiger partial charge in [0, 0.05) is 12.1 Å². The van der Waals surface area contributed by atoms with Crippen molar-refractivity contribution in [1.29, 1.82) is 0 Å². The summed E-state index contributed by atoms with van der Waals surface area (Å²) >= 11 is 0. The molecule has 0 radical (unpaired) electrons. The molecule has 6 fully saturated rings. The van der Waals surface area contributed by atoms with E-state index in [9.17, 15) is 4.79 Å². The van der Waals surface area contributed by atoms with Crippen molar-refractivity contribution in [1.82, 2.24) is 4.90 Å². The Balaban J connectivity index is 1.53. The van der Waals surface area contributed by atoms with Gasteiger partial charge in [-0.05, 0) is 75.0 Å². The summed E-state index contributed by atoms with van der Waals surface area (Å²) in [6, 6.07) is 0.646. The zero-order valence-corrected chi connectivity index (χ0v) is 13.0. The van der Waals surface area contributed by atoms with Crippen molar-refractivity contribution in [2.75, 3.05) is 0 Å². The Bertz CT molecular complexity index is 520. The summed E-state index contributed by atoms with van der Waals surface area (Å²) in [5, 5.41) is 0. The smallest absolute Gasteiger partial charge is 0.230 e. The van der Waals surface area contributed by atoms with Gasteiger partial charge in [-0.1, -0.05) is 6.08 Å². The first-order chi connectivity index (χ1) is 9.47. The molecule has 0 saturated heterocycles. The van der Waals surface area contributed by atoms with E-state index in [1.807, 2.05) is 0 Å². The minimum absolute atomic E-state index is 0.0739. The number of allylic oxidation sites excluding steroid dienone is 1. The van der Waals surface area contributed by atoms with E-state index in [4.69, 9.17) is 0 Å². The Hall–Kier alpha value is -0.790. The SMILES string of the molecule is C=CCC12C3C4C5C3C1(C(=O)N(C(C)C)C(C)C)C5C42. The van der Waals surface area contributed by atoms with Crippen LogP contribution in [0.5, 0.6) is 0 Å². The molecule has 6 rings (SSSR count). The summed E-state index contributed by atoms with van der Waals surface area (Å²) in [5.74, 6) is 5.86. The normalized spacial score (nSPS) is 57.9. The van der Waals surface area contributed by atoms with Crippen LogP contribution in [0.1, 0.15) is 34.1 Å². The lowest BCUT2D eigenvalue weighted by molar-refractivity contribution is -0.644. The van der Waals surface area contributed by atoms with Crippen LogP contribution < -0.4 is 0 Å². The van der Waals surface area contributed by atoms with Gasteiger partial charge in [0.2, 0.25) is 5.91 Å². The summed E-state index contributed by atoms with van der Waals surface area (Å²) in [4.78, 5) is 15.6. The standard InChI is InChI=1S/C18H25NO/c1-6-7-17-12-10-11-14(12)18(17,15(11)13(10)17)16(20)19(8(2)3)9(4)5/h6,8-15H,1,7H2,2-5H3. The third-order valence-electron chi connectivity index (χ3n) is 8.07. The predicted molar refractivity (Wildman–Crippen MR) is 77.7 cm³/mol. The highest BCUT2D eigenvalue weighted by atomic mass is 16.2. The largest absolute Gasteiger partial charge is 0.337 e. The quantitative estimate of drug-likeness (QED) is 0.704. The second kappa shape index (κ2) is 2.89. The maximum Gasteiger partial charge on any atom is 0.230 e. The molecule has 0 heterocycles. The van der Waals surface area contributed by atoms with Gasteiger partial charge < -0.3 is 4.90 Å². The van der Waals surface area contributed by atoms with E-state index in [1.54, 1.807) is 0 Å². The first kappa shape index (κ1) is 11.8. The Morgan fingerprint density at radius 3 is 2.05 bits per heavy atom. The number of amides is 1. The summed E-state index contributed by atoms with van der Waals surface area (Å²) in [5.41, 5.74) is 0.451. The van der Waals surface area contributed by atoms with Gasteiger partial charge in [-0.25, -0.2) is 0 Å². The monoisotopic (exact) mass is 271 g/mol. The Kier molecular flexibility index (Phi) is 1.71. The van der Waals surface area contributed by atoms with Gasteiger partial charge in [-0.3, -0.25) is 4.79 Å². The summed E-state index contributed by atoms with van der Waals surface area (Å²) in [7, 11) is 0. The van der Waals surface area contributed by atoms with Crippen LogP contribution in [0.3, 0.4) is 0 Å². The van der Waals surface area contributed by atoms with Crippen LogP contribution >= 0.6 is 0 Å². The lowest BCUT2D eigenvalue weighted by atomic mass is 8.91. The molecule has 0 bridgehead atoms. The van der Waals surface area contributed by atoms with Crippen molar-refractivity contribution in [3.63, 3.8) is 0 Å². The first-order valence-electron chi connectivity index (χ1n) is 8.41. The summed E-state index contributed by atoms with van der Waals surface area (Å²) in [6.45, 7) is 12.6. The molecule has 0 aliphatic heterocycles. The molecular weight excluding hydrogens is 246 g/mol. The maximum atomic E-state index is 13.4. The highest BCUT2D eigenvalue weighted by Gasteiger charge is 3.11. The lowest BCUT2D eigenvalue weighted by Crippen LogP contribution is -3.11. The van der Waals surface area contributed by atoms with Crippen LogP contribution in [0.25, 0.3) is 0 Å². The fourth-order valence-corrected chi connectivity index (χ4v) is 8.20. The molecule has 1 amide bonds. The molecule has 0 aromatic carbocycles. The highest BCUT2D eigenvalue weighted by molar-refractivity contribution is 5.93. The number of hydrogen-bond acceptors (Lipinski definition) is 1. The lowest BCUT2D eigenvalue weighted by Gasteiger charge is -3.11. The predicted octanol–water partition coefficient (Wildman–Crippen LogP) is 2.95. The van der Waals surface area contributed by atoms with Crippen LogP contribution in [-0.4, -0.2) is 22.9 Å². The van der Waals surface area contributed by atoms with E-state index in [-0.39, 0.29) is 5.41 Å². The highest BCUT2D eigenvalue weighted by Crippen LogP contribution is 3.11. The van der Waals surface area contributed by atoms with Gasteiger partial charge in [-0.15, -0.1) is 6.58 Å². The topological polar surface area (TPSA) is 20.3 Å². The summed E-state index contributed by atoms with van der Waals surface area (Å²) in [6.07, 6.45) is 3.18. The van der Waals surface area contributed by atoms with Crippen molar-refractivity contribution in [2.24, 2.45) is 46.3 Å². The number of nitrogens with zero attached hydrogens (tertiary/aromatic N) is 1. The molecule has 2 nitrogen and oxygen atoms in total. The zero-order valence-electron chi connectivity index (χ0n) is 13.0. The summed E-state index contributed by atoms with van der Waals surface area (Å²) < 4.78 is 0. The van der Waals surface area contributed by atoms with Crippen LogP contribution in [0.15, 0.2) is 12.7 Å². The van der Waals surface area contributed by atoms with E-state index in [0.717, 1.165) is 41.9 Å². The first-order valence-corrected chi connectivity index (χ1v) is 8.41. The molecule has 20 heavy (non-hydrogen) atoms. The minimum Gasteiger partial charge on any atom is -0.337 e. The van der Waals surface area contributed by atoms with Crippen LogP contribution in [-0.2, 0) is 4.79 Å². The molecular formula is C18H25NO. The Morgan fingerprint density at radius 2 is 1.60 bits per heavy atom. The molecule has 4 unspecified atom stereocenters. The maximum absolute atomic E-state index is 13.4. The third kappa shape index (κ3) is 0.669. The Labute approximate surface area is 121 Å². The molecule has 6 saturated carbocycles. The number of carbonyl (C=O) groups excluding carboxylic acids is 1. The zero-order chi connectivity index (χ0) is 14.2. The fourth-order valence-electron chi connectivity index (χ4n) is 8.20. The van der Waals surface area contributed by atoms with Crippen LogP contribution in [0.4, 0.5) is 0 Å². The molecule has 0 aromatic rings. The third-order valence-corrected chi connectivity index (χ3v) is 8.07. The average molecular weight is 271 g/mol. The fraction of sp³-hybridized carbons (Fsp3) is 0.833. The second-order valence-corrected chi connectivity index (χ2v) is 8.56. The number of hydrogen-bond donors (Lipinski definition) is 0. The van der Waals surface area contributed by atoms with Gasteiger partial charge >= 0.3 is 0 Å². The van der Waals surface area contributed by atoms with Crippen molar-refractivity contribution in [3.05, 3.63) is 12.7 Å². The van der Waals surface area contributed by atoms with Gasteiger partial charge in [0.1, 0.15) is 0 Å². The van der Waals surface area contributed by atoms with Crippen LogP contribution in [0, 0.1) is 46.3 Å². The minimum atomic E-state index is 0.0739. The molecule has 2 heteroatoms. The Morgan fingerprint density at radius 1 is 1.10 bits per heavy atom. The molecule has 4 atom stereocenters. The van der Waals surface area contributed by atoms with E-state index >= 15 is 0 Å². The molecule has 0 N–H and O–H groups in total. The van der Waals surface area contributed by atoms with Crippen molar-refractivity contribution < 1.29 is 4.79 Å². The number of rotatable bonds is 5. The van der Waals surface area contributed by atoms with Crippen molar-refractivity contribution in [2.45, 2.75) is 46.2 Å². The molecule has 0 spiro atoms. The van der Waals surface area contributed by atoms with Crippen LogP contribution in [0.2, 0.25) is 0 Å². The van der Waals surface area contributed by atoms with E-state index in [0.29, 0.717) is 23.4 Å². The van der Waals surface area contributed by atoms with Gasteiger partial charge in [0.15, 0.2) is 0 Å². The molecule has 6 aliphatic rings. The van der Waals surface area contributed by atoms with Crippen molar-refractivity contribution >= 4 is 5.91 Å². The van der Waals surface area contributed by atoms with Gasteiger partial charge in [-0.2, -0.15) is 0 Å². The molecule has 0 aromatic heterocycles. The van der Waals surface area contributed by atoms with Crippen molar-refractivity contribution in [3.8, 4) is 0 Å². The van der Waals surface area contributed by atoms with E-state index in [1.165, 1.54) is 0 Å². The number of carbonyl (C=O) groups is 1. The average Bonchev–Trinajstić information content (AvgIpc) is 2.37. The van der Waals surface area contributed by atoms with E-state index < -0.39 is 0 Å².